The predicted octanol–water partition coefficient (Wildman–Crippen LogP) is 1.88. The number of hydrogen-bond acceptors (Lipinski definition) is 10. The zero-order valence-electron chi connectivity index (χ0n) is 28.8. The SMILES string of the molecule is C[C@H]1O[C@@H](O[C@H]2[C@H](O)[C@]3(CO)[C@H](O)C[C@]4(C)C(=CC[C@@H]5[C@@]6(C)CC[C@H](O)[C@](C)(CO)[C@@H]6CC[C@]54C)[C@@H]3CC2(C)C)[C@H](O)[C@@H](O)[C@H]1O. The number of aliphatic hydroxyl groups excluding tert-OH is 8. The van der Waals surface area contributed by atoms with Crippen LogP contribution in [0.3, 0.4) is 0 Å². The molecule has 4 saturated carbocycles. The van der Waals surface area contributed by atoms with Crippen molar-refractivity contribution in [1.82, 2.24) is 0 Å². The van der Waals surface area contributed by atoms with Crippen LogP contribution in [0.4, 0.5) is 0 Å². The molecule has 6 aliphatic rings. The summed E-state index contributed by atoms with van der Waals surface area (Å²) < 4.78 is 12.0. The summed E-state index contributed by atoms with van der Waals surface area (Å²) in [6.07, 6.45) is -2.99. The third-order valence-corrected chi connectivity index (χ3v) is 15.6. The minimum atomic E-state index is -1.54. The summed E-state index contributed by atoms with van der Waals surface area (Å²) in [5.41, 5.74) is -2.10. The molecule has 8 N–H and O–H groups in total. The molecule has 6 rings (SSSR count). The van der Waals surface area contributed by atoms with Gasteiger partial charge in [0.1, 0.15) is 18.3 Å². The molecule has 0 aromatic rings. The largest absolute Gasteiger partial charge is 0.396 e. The van der Waals surface area contributed by atoms with Crippen LogP contribution in [0.15, 0.2) is 11.6 Å². The zero-order chi connectivity index (χ0) is 34.0. The summed E-state index contributed by atoms with van der Waals surface area (Å²) in [6, 6.07) is 0. The van der Waals surface area contributed by atoms with Gasteiger partial charge in [-0.3, -0.25) is 0 Å². The van der Waals surface area contributed by atoms with Crippen molar-refractivity contribution < 1.29 is 50.3 Å². The number of rotatable bonds is 4. The first-order valence-electron chi connectivity index (χ1n) is 17.6. The Labute approximate surface area is 273 Å². The van der Waals surface area contributed by atoms with Crippen molar-refractivity contribution in [2.24, 2.45) is 50.2 Å². The zero-order valence-corrected chi connectivity index (χ0v) is 28.8. The van der Waals surface area contributed by atoms with Crippen LogP contribution in [-0.4, -0.2) is 109 Å². The summed E-state index contributed by atoms with van der Waals surface area (Å²) >= 11 is 0. The van der Waals surface area contributed by atoms with E-state index in [9.17, 15) is 40.9 Å². The molecule has 0 aromatic heterocycles. The van der Waals surface area contributed by atoms with Crippen molar-refractivity contribution in [2.75, 3.05) is 13.2 Å². The highest BCUT2D eigenvalue weighted by Gasteiger charge is 2.72. The summed E-state index contributed by atoms with van der Waals surface area (Å²) in [5, 5.41) is 88.5. The Hall–Kier alpha value is -0.660. The van der Waals surface area contributed by atoms with Gasteiger partial charge in [0, 0.05) is 5.41 Å². The average Bonchev–Trinajstić information content (AvgIpc) is 2.99. The van der Waals surface area contributed by atoms with E-state index in [1.807, 2.05) is 20.8 Å². The number of fused-ring (bicyclic) bond motifs is 7. The molecule has 46 heavy (non-hydrogen) atoms. The molecule has 17 atom stereocenters. The monoisotopic (exact) mass is 652 g/mol. The van der Waals surface area contributed by atoms with Gasteiger partial charge in [0.2, 0.25) is 0 Å². The first-order valence-corrected chi connectivity index (χ1v) is 17.6. The Bertz CT molecular complexity index is 1210. The van der Waals surface area contributed by atoms with Crippen LogP contribution >= 0.6 is 0 Å². The van der Waals surface area contributed by atoms with Crippen molar-refractivity contribution >= 4 is 0 Å². The maximum Gasteiger partial charge on any atom is 0.186 e. The second kappa shape index (κ2) is 11.2. The van der Waals surface area contributed by atoms with Gasteiger partial charge < -0.3 is 50.3 Å². The molecular formula is C36H60O10. The van der Waals surface area contributed by atoms with Crippen molar-refractivity contribution in [2.45, 2.75) is 149 Å². The molecular weight excluding hydrogens is 592 g/mol. The minimum Gasteiger partial charge on any atom is -0.396 e. The van der Waals surface area contributed by atoms with Crippen LogP contribution in [-0.2, 0) is 9.47 Å². The Morgan fingerprint density at radius 1 is 0.804 bits per heavy atom. The van der Waals surface area contributed by atoms with Gasteiger partial charge in [0.25, 0.3) is 0 Å². The standard InChI is InChI=1S/C36H60O10/c1-18-25(41)26(42)27(43)30(45-18)46-29-28(44)36(17-38)20(14-31(29,2)3)19-8-9-22-32(4)12-11-23(39)33(5,16-37)21(32)10-13-34(22,6)35(19,7)15-24(36)40/h8,18,20-30,37-44H,9-17H2,1-7H3/t18-,20+,21-,22-,23+,24-,25+,26+,27-,28+,29+,30+,32+,33-,34-,35-,36+/m1/s1. The predicted molar refractivity (Wildman–Crippen MR) is 169 cm³/mol. The van der Waals surface area contributed by atoms with Gasteiger partial charge in [-0.15, -0.1) is 0 Å². The van der Waals surface area contributed by atoms with E-state index < -0.39 is 83.4 Å². The van der Waals surface area contributed by atoms with Crippen LogP contribution < -0.4 is 0 Å². The van der Waals surface area contributed by atoms with E-state index in [4.69, 9.17) is 9.47 Å². The van der Waals surface area contributed by atoms with E-state index >= 15 is 0 Å². The number of ether oxygens (including phenoxy) is 2. The van der Waals surface area contributed by atoms with Crippen LogP contribution in [0.2, 0.25) is 0 Å². The quantitative estimate of drug-likeness (QED) is 0.165. The highest BCUT2D eigenvalue weighted by Crippen LogP contribution is 2.75. The molecule has 1 heterocycles. The first kappa shape index (κ1) is 35.2. The van der Waals surface area contributed by atoms with Crippen molar-refractivity contribution in [3.05, 3.63) is 11.6 Å². The lowest BCUT2D eigenvalue weighted by Gasteiger charge is -2.72. The molecule has 0 bridgehead atoms. The Morgan fingerprint density at radius 2 is 1.48 bits per heavy atom. The fraction of sp³-hybridized carbons (Fsp3) is 0.944. The summed E-state index contributed by atoms with van der Waals surface area (Å²) in [7, 11) is 0. The molecule has 5 aliphatic carbocycles. The Kier molecular flexibility index (Phi) is 8.54. The normalized spacial score (nSPS) is 58.2. The Balaban J connectivity index is 1.37. The van der Waals surface area contributed by atoms with Gasteiger partial charge in [-0.1, -0.05) is 53.2 Å². The smallest absolute Gasteiger partial charge is 0.186 e. The van der Waals surface area contributed by atoms with E-state index in [-0.39, 0.29) is 35.2 Å². The van der Waals surface area contributed by atoms with Crippen molar-refractivity contribution in [3.8, 4) is 0 Å². The summed E-state index contributed by atoms with van der Waals surface area (Å²) in [5.74, 6) is 0.105. The van der Waals surface area contributed by atoms with Crippen molar-refractivity contribution in [1.29, 1.82) is 0 Å². The second-order valence-electron chi connectivity index (χ2n) is 17.9. The Morgan fingerprint density at radius 3 is 2.11 bits per heavy atom. The lowest BCUT2D eigenvalue weighted by atomic mass is 9.33. The van der Waals surface area contributed by atoms with Crippen molar-refractivity contribution in [3.63, 3.8) is 0 Å². The fourth-order valence-corrected chi connectivity index (χ4v) is 12.4. The van der Waals surface area contributed by atoms with E-state index in [0.717, 1.165) is 25.7 Å². The van der Waals surface area contributed by atoms with Crippen LogP contribution in [0.1, 0.15) is 93.4 Å². The number of hydrogen-bond donors (Lipinski definition) is 8. The highest BCUT2D eigenvalue weighted by molar-refractivity contribution is 5.36. The van der Waals surface area contributed by atoms with E-state index in [2.05, 4.69) is 26.8 Å². The second-order valence-corrected chi connectivity index (χ2v) is 17.9. The molecule has 5 fully saturated rings. The molecule has 0 radical (unpaired) electrons. The van der Waals surface area contributed by atoms with Gasteiger partial charge >= 0.3 is 0 Å². The van der Waals surface area contributed by atoms with Crippen LogP contribution in [0.5, 0.6) is 0 Å². The van der Waals surface area contributed by atoms with Crippen LogP contribution in [0.25, 0.3) is 0 Å². The van der Waals surface area contributed by atoms with Gasteiger partial charge in [0.15, 0.2) is 6.29 Å². The maximum absolute atomic E-state index is 12.2. The van der Waals surface area contributed by atoms with E-state index in [0.29, 0.717) is 19.3 Å². The molecule has 1 saturated heterocycles. The third-order valence-electron chi connectivity index (χ3n) is 15.6. The molecule has 0 aromatic carbocycles. The topological polar surface area (TPSA) is 180 Å². The molecule has 0 spiro atoms. The number of allylic oxidation sites excluding steroid dienone is 2. The van der Waals surface area contributed by atoms with Gasteiger partial charge in [-0.25, -0.2) is 0 Å². The minimum absolute atomic E-state index is 0.0480. The molecule has 10 heteroatoms. The highest BCUT2D eigenvalue weighted by atomic mass is 16.7. The van der Waals surface area contributed by atoms with Gasteiger partial charge in [0.05, 0.1) is 49.1 Å². The molecule has 1 aliphatic heterocycles. The fourth-order valence-electron chi connectivity index (χ4n) is 12.4. The van der Waals surface area contributed by atoms with Crippen LogP contribution in [0, 0.1) is 50.2 Å². The lowest BCUT2D eigenvalue weighted by Crippen LogP contribution is -2.72. The van der Waals surface area contributed by atoms with Gasteiger partial charge in [-0.2, -0.15) is 0 Å². The first-order chi connectivity index (χ1) is 21.3. The molecule has 0 amide bonds. The average molecular weight is 653 g/mol. The maximum atomic E-state index is 12.2. The van der Waals surface area contributed by atoms with Gasteiger partial charge in [-0.05, 0) is 91.3 Å². The summed E-state index contributed by atoms with van der Waals surface area (Å²) in [4.78, 5) is 0. The molecule has 10 nitrogen and oxygen atoms in total. The lowest BCUT2D eigenvalue weighted by molar-refractivity contribution is -0.341. The molecule has 264 valence electrons. The summed E-state index contributed by atoms with van der Waals surface area (Å²) in [6.45, 7) is 14.1. The van der Waals surface area contributed by atoms with E-state index in [1.54, 1.807) is 6.92 Å². The van der Waals surface area contributed by atoms with E-state index in [1.165, 1.54) is 5.57 Å². The number of aliphatic hydroxyl groups is 8. The third kappa shape index (κ3) is 4.37. The molecule has 0 unspecified atom stereocenters.